The maximum absolute atomic E-state index is 14.2. The fourth-order valence-electron chi connectivity index (χ4n) is 2.00. The number of anilines is 1. The lowest BCUT2D eigenvalue weighted by atomic mass is 10.2. The summed E-state index contributed by atoms with van der Waals surface area (Å²) in [5.74, 6) is -10.5. The summed E-state index contributed by atoms with van der Waals surface area (Å²) in [5.41, 5.74) is -8.45. The zero-order valence-corrected chi connectivity index (χ0v) is 15.4. The Morgan fingerprint density at radius 1 is 0.828 bits per heavy atom. The average Bonchev–Trinajstić information content (AvgIpc) is 2.62. The van der Waals surface area contributed by atoms with E-state index in [1.54, 1.807) is 0 Å². The van der Waals surface area contributed by atoms with Crippen LogP contribution in [0.1, 0.15) is 0 Å². The molecule has 2 rings (SSSR count). The lowest BCUT2D eigenvalue weighted by molar-refractivity contribution is -0.0429. The fourth-order valence-corrected chi connectivity index (χ4v) is 3.95. The molecule has 0 aromatic heterocycles. The lowest BCUT2D eigenvalue weighted by Gasteiger charge is -2.15. The summed E-state index contributed by atoms with van der Waals surface area (Å²) < 4.78 is 145. The van der Waals surface area contributed by atoms with Crippen molar-refractivity contribution in [2.45, 2.75) is 15.3 Å². The van der Waals surface area contributed by atoms with Crippen LogP contribution in [0, 0.1) is 23.3 Å². The molecular weight excluding hydrogens is 459 g/mol. The first-order chi connectivity index (χ1) is 13.1. The standard InChI is InChI=1S/C14H8F7NO5S2/c1-27-6-2-4-7(5-3-6)28(23,24)13-10(17)8(15)12(9(16)11(13)18)22-29(25,26)14(19,20)21/h2-5,22H,1H3. The van der Waals surface area contributed by atoms with Gasteiger partial charge >= 0.3 is 15.5 Å². The SMILES string of the molecule is COc1ccc(S(=O)(=O)c2c(F)c(F)c(NS(=O)(=O)C(F)(F)F)c(F)c2F)cc1. The second-order valence-electron chi connectivity index (χ2n) is 5.19. The van der Waals surface area contributed by atoms with E-state index in [0.717, 1.165) is 24.3 Å². The third kappa shape index (κ3) is 3.96. The maximum atomic E-state index is 14.2. The highest BCUT2D eigenvalue weighted by molar-refractivity contribution is 7.93. The summed E-state index contributed by atoms with van der Waals surface area (Å²) in [6.07, 6.45) is 0. The highest BCUT2D eigenvalue weighted by Crippen LogP contribution is 2.36. The molecule has 0 aliphatic carbocycles. The summed E-state index contributed by atoms with van der Waals surface area (Å²) in [5, 5.41) is 0. The Hall–Kier alpha value is -2.55. The minimum absolute atomic E-state index is 0.124. The molecule has 160 valence electrons. The van der Waals surface area contributed by atoms with Crippen LogP contribution in [0.15, 0.2) is 34.1 Å². The molecule has 6 nitrogen and oxygen atoms in total. The molecular formula is C14H8F7NO5S2. The fraction of sp³-hybridized carbons (Fsp3) is 0.143. The van der Waals surface area contributed by atoms with Crippen LogP contribution in [0.3, 0.4) is 0 Å². The molecule has 0 fully saturated rings. The van der Waals surface area contributed by atoms with E-state index >= 15 is 0 Å². The van der Waals surface area contributed by atoms with E-state index in [-0.39, 0.29) is 5.75 Å². The van der Waals surface area contributed by atoms with Gasteiger partial charge in [-0.25, -0.2) is 26.0 Å². The quantitative estimate of drug-likeness (QED) is 0.538. The summed E-state index contributed by atoms with van der Waals surface area (Å²) in [4.78, 5) is -2.99. The van der Waals surface area contributed by atoms with Crippen molar-refractivity contribution >= 4 is 25.5 Å². The number of nitrogens with one attached hydrogen (secondary N) is 1. The number of alkyl halides is 3. The Morgan fingerprint density at radius 2 is 1.28 bits per heavy atom. The van der Waals surface area contributed by atoms with Gasteiger partial charge in [-0.2, -0.15) is 21.6 Å². The number of methoxy groups -OCH3 is 1. The van der Waals surface area contributed by atoms with Gasteiger partial charge in [0.2, 0.25) is 9.84 Å². The first-order valence-corrected chi connectivity index (χ1v) is 9.96. The van der Waals surface area contributed by atoms with E-state index in [2.05, 4.69) is 0 Å². The highest BCUT2D eigenvalue weighted by Gasteiger charge is 2.47. The van der Waals surface area contributed by atoms with Crippen molar-refractivity contribution in [3.8, 4) is 5.75 Å². The van der Waals surface area contributed by atoms with Crippen molar-refractivity contribution in [3.05, 3.63) is 47.5 Å². The Labute approximate surface area is 158 Å². The van der Waals surface area contributed by atoms with E-state index in [4.69, 9.17) is 4.74 Å². The molecule has 0 heterocycles. The van der Waals surface area contributed by atoms with Gasteiger partial charge in [0, 0.05) is 0 Å². The molecule has 2 aromatic rings. The molecule has 0 amide bonds. The number of sulfone groups is 1. The molecule has 0 atom stereocenters. The van der Waals surface area contributed by atoms with E-state index in [0.29, 0.717) is 4.72 Å². The normalized spacial score (nSPS) is 12.7. The predicted molar refractivity (Wildman–Crippen MR) is 83.3 cm³/mol. The van der Waals surface area contributed by atoms with Crippen molar-refractivity contribution in [1.29, 1.82) is 0 Å². The van der Waals surface area contributed by atoms with Crippen LogP contribution in [-0.2, 0) is 19.9 Å². The number of sulfonamides is 1. The second-order valence-corrected chi connectivity index (χ2v) is 8.75. The van der Waals surface area contributed by atoms with Crippen LogP contribution in [0.25, 0.3) is 0 Å². The van der Waals surface area contributed by atoms with Gasteiger partial charge in [0.15, 0.2) is 23.3 Å². The molecule has 0 saturated heterocycles. The Bertz CT molecular complexity index is 1130. The van der Waals surface area contributed by atoms with E-state index in [1.165, 1.54) is 7.11 Å². The van der Waals surface area contributed by atoms with Gasteiger partial charge in [-0.15, -0.1) is 0 Å². The lowest BCUT2D eigenvalue weighted by Crippen LogP contribution is -2.31. The Balaban J connectivity index is 2.71. The van der Waals surface area contributed by atoms with E-state index in [9.17, 15) is 47.6 Å². The monoisotopic (exact) mass is 467 g/mol. The van der Waals surface area contributed by atoms with Gasteiger partial charge in [0.05, 0.1) is 12.0 Å². The third-order valence-corrected chi connectivity index (χ3v) is 6.27. The van der Waals surface area contributed by atoms with Crippen molar-refractivity contribution in [2.75, 3.05) is 11.8 Å². The number of hydrogen-bond donors (Lipinski definition) is 1. The number of benzene rings is 2. The van der Waals surface area contributed by atoms with Gasteiger partial charge in [0.1, 0.15) is 16.3 Å². The van der Waals surface area contributed by atoms with Gasteiger partial charge in [-0.05, 0) is 24.3 Å². The van der Waals surface area contributed by atoms with Crippen LogP contribution in [-0.4, -0.2) is 29.5 Å². The molecule has 0 bridgehead atoms. The van der Waals surface area contributed by atoms with Crippen molar-refractivity contribution < 1.29 is 52.3 Å². The summed E-state index contributed by atoms with van der Waals surface area (Å²) in [6.45, 7) is 0. The summed E-state index contributed by atoms with van der Waals surface area (Å²) in [7, 11) is -10.5. The van der Waals surface area contributed by atoms with Crippen molar-refractivity contribution in [3.63, 3.8) is 0 Å². The molecule has 0 aliphatic rings. The van der Waals surface area contributed by atoms with Crippen LogP contribution in [0.4, 0.5) is 36.4 Å². The van der Waals surface area contributed by atoms with Gasteiger partial charge in [-0.3, -0.25) is 4.72 Å². The molecule has 15 heteroatoms. The van der Waals surface area contributed by atoms with Crippen molar-refractivity contribution in [1.82, 2.24) is 0 Å². The first-order valence-electron chi connectivity index (χ1n) is 6.99. The molecule has 2 aromatic carbocycles. The topological polar surface area (TPSA) is 89.5 Å². The van der Waals surface area contributed by atoms with E-state index in [1.807, 2.05) is 0 Å². The minimum Gasteiger partial charge on any atom is -0.497 e. The number of rotatable bonds is 5. The third-order valence-electron chi connectivity index (χ3n) is 3.40. The molecule has 0 radical (unpaired) electrons. The Morgan fingerprint density at radius 3 is 1.66 bits per heavy atom. The second kappa shape index (κ2) is 7.37. The molecule has 0 unspecified atom stereocenters. The summed E-state index contributed by atoms with van der Waals surface area (Å²) in [6, 6.07) is 3.65. The first kappa shape index (κ1) is 22.7. The smallest absolute Gasteiger partial charge is 0.497 e. The predicted octanol–water partition coefficient (Wildman–Crippen LogP) is 3.35. The van der Waals surface area contributed by atoms with Crippen LogP contribution in [0.2, 0.25) is 0 Å². The van der Waals surface area contributed by atoms with Crippen LogP contribution >= 0.6 is 0 Å². The van der Waals surface area contributed by atoms with Crippen LogP contribution < -0.4 is 9.46 Å². The maximum Gasteiger partial charge on any atom is 0.516 e. The molecule has 0 saturated carbocycles. The zero-order valence-electron chi connectivity index (χ0n) is 13.8. The molecule has 1 N–H and O–H groups in total. The molecule has 0 spiro atoms. The number of hydrogen-bond acceptors (Lipinski definition) is 5. The summed E-state index contributed by atoms with van der Waals surface area (Å²) >= 11 is 0. The van der Waals surface area contributed by atoms with Crippen molar-refractivity contribution in [2.24, 2.45) is 0 Å². The minimum atomic E-state index is -6.46. The van der Waals surface area contributed by atoms with Gasteiger partial charge in [0.25, 0.3) is 0 Å². The highest BCUT2D eigenvalue weighted by atomic mass is 32.2. The average molecular weight is 467 g/mol. The number of halogens is 7. The van der Waals surface area contributed by atoms with Gasteiger partial charge in [-0.1, -0.05) is 0 Å². The zero-order chi connectivity index (χ0) is 22.4. The Kier molecular flexibility index (Phi) is 5.77. The molecule has 29 heavy (non-hydrogen) atoms. The van der Waals surface area contributed by atoms with Gasteiger partial charge < -0.3 is 4.74 Å². The number of ether oxygens (including phenoxy) is 1. The largest absolute Gasteiger partial charge is 0.516 e. The van der Waals surface area contributed by atoms with Crippen LogP contribution in [0.5, 0.6) is 5.75 Å². The molecule has 0 aliphatic heterocycles. The van der Waals surface area contributed by atoms with E-state index < -0.39 is 64.1 Å².